The summed E-state index contributed by atoms with van der Waals surface area (Å²) in [5.41, 5.74) is 3.75. The molecule has 36 heavy (non-hydrogen) atoms. The van der Waals surface area contributed by atoms with Crippen molar-refractivity contribution in [3.8, 4) is 5.75 Å². The van der Waals surface area contributed by atoms with E-state index < -0.39 is 12.0 Å². The molecule has 1 atom stereocenters. The minimum absolute atomic E-state index is 0.280. The highest BCUT2D eigenvalue weighted by Crippen LogP contribution is 2.39. The lowest BCUT2D eigenvalue weighted by atomic mass is 10.1. The third kappa shape index (κ3) is 6.04. The number of aryl methyl sites for hydroxylation is 1. The molecule has 1 aliphatic heterocycles. The van der Waals surface area contributed by atoms with Crippen LogP contribution < -0.4 is 4.74 Å². The highest BCUT2D eigenvalue weighted by molar-refractivity contribution is 8.26. The first-order valence-corrected chi connectivity index (χ1v) is 13.0. The Hall–Kier alpha value is -3.42. The topological polar surface area (TPSA) is 55.8 Å². The average Bonchev–Trinajstić information content (AvgIpc) is 3.16. The summed E-state index contributed by atoms with van der Waals surface area (Å²) in [4.78, 5) is 28.2. The van der Waals surface area contributed by atoms with Gasteiger partial charge in [-0.15, -0.1) is 0 Å². The van der Waals surface area contributed by atoms with Crippen LogP contribution in [0.1, 0.15) is 41.6 Å². The molecular weight excluding hydrogens is 490 g/mol. The smallest absolute Gasteiger partial charge is 0.333 e. The SMILES string of the molecule is CCCOC(=O)C(c1ccccc1)N1C(=O)/C(=C\c2cccc(OCc3ccccc3C)c2)SC1=S. The molecule has 0 bridgehead atoms. The Morgan fingerprint density at radius 1 is 1.06 bits per heavy atom. The van der Waals surface area contributed by atoms with Gasteiger partial charge in [-0.2, -0.15) is 0 Å². The van der Waals surface area contributed by atoms with Crippen molar-refractivity contribution >= 4 is 46.3 Å². The number of hydrogen-bond donors (Lipinski definition) is 0. The predicted octanol–water partition coefficient (Wildman–Crippen LogP) is 6.47. The van der Waals surface area contributed by atoms with Crippen LogP contribution in [0.2, 0.25) is 0 Å². The van der Waals surface area contributed by atoms with E-state index in [1.807, 2.05) is 67.6 Å². The van der Waals surface area contributed by atoms with E-state index in [0.717, 1.165) is 11.1 Å². The molecule has 3 aromatic carbocycles. The van der Waals surface area contributed by atoms with Gasteiger partial charge in [0.05, 0.1) is 11.5 Å². The van der Waals surface area contributed by atoms with Crippen molar-refractivity contribution in [2.24, 2.45) is 0 Å². The van der Waals surface area contributed by atoms with Gasteiger partial charge in [-0.1, -0.05) is 97.6 Å². The van der Waals surface area contributed by atoms with Gasteiger partial charge in [0.25, 0.3) is 5.91 Å². The van der Waals surface area contributed by atoms with Crippen LogP contribution in [-0.4, -0.2) is 27.7 Å². The van der Waals surface area contributed by atoms with E-state index >= 15 is 0 Å². The molecule has 1 amide bonds. The summed E-state index contributed by atoms with van der Waals surface area (Å²) in [7, 11) is 0. The lowest BCUT2D eigenvalue weighted by molar-refractivity contribution is -0.151. The zero-order chi connectivity index (χ0) is 25.5. The highest BCUT2D eigenvalue weighted by atomic mass is 32.2. The standard InChI is InChI=1S/C29H27NO4S2/c1-3-16-33-28(32)26(22-12-5-4-6-13-22)30-27(31)25(36-29(30)35)18-21-11-9-15-24(17-21)34-19-23-14-8-7-10-20(23)2/h4-15,17-18,26H,3,16,19H2,1-2H3/b25-18+. The molecule has 1 saturated heterocycles. The van der Waals surface area contributed by atoms with Crippen molar-refractivity contribution in [3.63, 3.8) is 0 Å². The molecule has 4 rings (SSSR count). The van der Waals surface area contributed by atoms with E-state index in [0.29, 0.717) is 33.6 Å². The fourth-order valence-corrected chi connectivity index (χ4v) is 5.10. The van der Waals surface area contributed by atoms with E-state index in [1.165, 1.54) is 22.2 Å². The zero-order valence-electron chi connectivity index (χ0n) is 20.2. The van der Waals surface area contributed by atoms with Gasteiger partial charge < -0.3 is 9.47 Å². The lowest BCUT2D eigenvalue weighted by Gasteiger charge is -2.25. The van der Waals surface area contributed by atoms with Crippen LogP contribution in [-0.2, 0) is 20.9 Å². The number of carbonyl (C=O) groups excluding carboxylic acids is 2. The number of thioether (sulfide) groups is 1. The Labute approximate surface area is 221 Å². The monoisotopic (exact) mass is 517 g/mol. The van der Waals surface area contributed by atoms with Crippen LogP contribution in [0.3, 0.4) is 0 Å². The molecule has 0 N–H and O–H groups in total. The number of esters is 1. The van der Waals surface area contributed by atoms with Crippen LogP contribution in [0.5, 0.6) is 5.75 Å². The summed E-state index contributed by atoms with van der Waals surface area (Å²) in [5.74, 6) is -0.112. The van der Waals surface area contributed by atoms with E-state index in [-0.39, 0.29) is 12.5 Å². The molecule has 3 aromatic rings. The van der Waals surface area contributed by atoms with E-state index in [2.05, 4.69) is 13.0 Å². The maximum absolute atomic E-state index is 13.5. The summed E-state index contributed by atoms with van der Waals surface area (Å²) in [6, 6.07) is 23.8. The van der Waals surface area contributed by atoms with Crippen LogP contribution in [0.4, 0.5) is 0 Å². The molecule has 1 aliphatic rings. The van der Waals surface area contributed by atoms with Gasteiger partial charge in [-0.3, -0.25) is 9.69 Å². The molecule has 7 heteroatoms. The number of ether oxygens (including phenoxy) is 2. The number of hydrogen-bond acceptors (Lipinski definition) is 6. The van der Waals surface area contributed by atoms with Gasteiger partial charge in [-0.25, -0.2) is 4.79 Å². The quantitative estimate of drug-likeness (QED) is 0.184. The number of nitrogens with zero attached hydrogens (tertiary/aromatic N) is 1. The third-order valence-electron chi connectivity index (χ3n) is 5.68. The normalized spacial score (nSPS) is 15.3. The largest absolute Gasteiger partial charge is 0.489 e. The van der Waals surface area contributed by atoms with Gasteiger partial charge in [0.1, 0.15) is 16.7 Å². The first kappa shape index (κ1) is 25.7. The van der Waals surface area contributed by atoms with Gasteiger partial charge >= 0.3 is 5.97 Å². The van der Waals surface area contributed by atoms with E-state index in [1.54, 1.807) is 18.2 Å². The summed E-state index contributed by atoms with van der Waals surface area (Å²) in [5, 5.41) is 0. The van der Waals surface area contributed by atoms with Crippen molar-refractivity contribution in [1.82, 2.24) is 4.90 Å². The molecule has 1 heterocycles. The Morgan fingerprint density at radius 2 is 1.81 bits per heavy atom. The highest BCUT2D eigenvalue weighted by Gasteiger charge is 2.42. The van der Waals surface area contributed by atoms with Crippen LogP contribution in [0.15, 0.2) is 83.8 Å². The molecule has 184 valence electrons. The van der Waals surface area contributed by atoms with Crippen LogP contribution >= 0.6 is 24.0 Å². The molecular formula is C29H27NO4S2. The van der Waals surface area contributed by atoms with E-state index in [9.17, 15) is 9.59 Å². The Balaban J connectivity index is 1.55. The lowest BCUT2D eigenvalue weighted by Crippen LogP contribution is -2.38. The second kappa shape index (κ2) is 12.0. The van der Waals surface area contributed by atoms with Crippen molar-refractivity contribution in [1.29, 1.82) is 0 Å². The van der Waals surface area contributed by atoms with Crippen molar-refractivity contribution in [2.75, 3.05) is 6.61 Å². The van der Waals surface area contributed by atoms with Crippen molar-refractivity contribution < 1.29 is 19.1 Å². The van der Waals surface area contributed by atoms with Crippen molar-refractivity contribution in [3.05, 3.63) is 106 Å². The third-order valence-corrected chi connectivity index (χ3v) is 7.01. The Morgan fingerprint density at radius 3 is 2.56 bits per heavy atom. The van der Waals surface area contributed by atoms with Gasteiger partial charge in [0.2, 0.25) is 0 Å². The molecule has 1 fully saturated rings. The molecule has 0 aromatic heterocycles. The van der Waals surface area contributed by atoms with Gasteiger partial charge in [-0.05, 0) is 53.8 Å². The zero-order valence-corrected chi connectivity index (χ0v) is 21.8. The van der Waals surface area contributed by atoms with Gasteiger partial charge in [0, 0.05) is 0 Å². The fourth-order valence-electron chi connectivity index (χ4n) is 3.79. The maximum Gasteiger partial charge on any atom is 0.333 e. The first-order valence-electron chi connectivity index (χ1n) is 11.7. The summed E-state index contributed by atoms with van der Waals surface area (Å²) >= 11 is 6.73. The van der Waals surface area contributed by atoms with E-state index in [4.69, 9.17) is 21.7 Å². The average molecular weight is 518 g/mol. The fraction of sp³-hybridized carbons (Fsp3) is 0.207. The summed E-state index contributed by atoms with van der Waals surface area (Å²) in [6.45, 7) is 4.71. The summed E-state index contributed by atoms with van der Waals surface area (Å²) < 4.78 is 11.7. The van der Waals surface area contributed by atoms with Crippen LogP contribution in [0.25, 0.3) is 6.08 Å². The van der Waals surface area contributed by atoms with Crippen molar-refractivity contribution in [2.45, 2.75) is 32.9 Å². The first-order chi connectivity index (χ1) is 17.5. The minimum atomic E-state index is -0.931. The summed E-state index contributed by atoms with van der Waals surface area (Å²) in [6.07, 6.45) is 2.47. The Kier molecular flexibility index (Phi) is 8.57. The Bertz CT molecular complexity index is 1290. The molecule has 0 saturated carbocycles. The molecule has 5 nitrogen and oxygen atoms in total. The maximum atomic E-state index is 13.5. The number of amides is 1. The molecule has 1 unspecified atom stereocenters. The number of benzene rings is 3. The second-order valence-electron chi connectivity index (χ2n) is 8.32. The number of rotatable bonds is 9. The molecule has 0 aliphatic carbocycles. The predicted molar refractivity (Wildman–Crippen MR) is 147 cm³/mol. The minimum Gasteiger partial charge on any atom is -0.489 e. The number of carbonyl (C=O) groups is 2. The molecule has 0 radical (unpaired) electrons. The van der Waals surface area contributed by atoms with Gasteiger partial charge in [0.15, 0.2) is 6.04 Å². The van der Waals surface area contributed by atoms with Crippen LogP contribution in [0, 0.1) is 6.92 Å². The molecule has 0 spiro atoms. The number of thiocarbonyl (C=S) groups is 1. The second-order valence-corrected chi connectivity index (χ2v) is 10.00.